The largest absolute Gasteiger partial charge is 1.00 e. The van der Waals surface area contributed by atoms with E-state index in [1.165, 1.54) is 50.2 Å². The molecule has 0 fully saturated rings. The average Bonchev–Trinajstić information content (AvgIpc) is 3.04. The Morgan fingerprint density at radius 3 is 2.55 bits per heavy atom. The Bertz CT molecular complexity index is 775. The molecule has 0 aromatic heterocycles. The fourth-order valence-electron chi connectivity index (χ4n) is 3.54. The molecule has 0 heterocycles. The zero-order valence-electron chi connectivity index (χ0n) is 12.2. The number of benzene rings is 2. The summed E-state index contributed by atoms with van der Waals surface area (Å²) in [6, 6.07) is 13.7. The van der Waals surface area contributed by atoms with E-state index >= 15 is 0 Å². The standard InChI is InChI=1S/C19H15.2ClH.Zr/c1-13-10-11-17-18(12-13)15-8-4-5-9-16(15)19(17)14-6-2-3-7-14;;;/h2-6,8-10,12,19H,7H2,1H3;2*1H;/q;;;+2/p-2. The summed E-state index contributed by atoms with van der Waals surface area (Å²) < 4.78 is 1.52. The van der Waals surface area contributed by atoms with Gasteiger partial charge in [-0.05, 0) is 0 Å². The molecule has 4 rings (SSSR count). The maximum atomic E-state index is 2.37. The van der Waals surface area contributed by atoms with E-state index in [0.29, 0.717) is 5.92 Å². The molecular formula is C19H15Cl2Zr. The molecule has 2 aliphatic carbocycles. The summed E-state index contributed by atoms with van der Waals surface area (Å²) in [5.41, 5.74) is 8.88. The van der Waals surface area contributed by atoms with Gasteiger partial charge in [0.25, 0.3) is 0 Å². The van der Waals surface area contributed by atoms with E-state index in [1.807, 2.05) is 0 Å². The third-order valence-corrected chi connectivity index (χ3v) is 5.36. The summed E-state index contributed by atoms with van der Waals surface area (Å²) in [6.45, 7) is 2.21. The first-order valence-electron chi connectivity index (χ1n) is 7.07. The van der Waals surface area contributed by atoms with Crippen LogP contribution in [-0.2, 0) is 24.7 Å². The van der Waals surface area contributed by atoms with E-state index in [4.69, 9.17) is 0 Å². The molecule has 3 heteroatoms. The Balaban J connectivity index is 0.000000882. The number of halogens is 2. The van der Waals surface area contributed by atoms with Crippen molar-refractivity contribution in [2.45, 2.75) is 19.3 Å². The summed E-state index contributed by atoms with van der Waals surface area (Å²) >= 11 is 1.52. The molecule has 2 aromatic carbocycles. The molecule has 1 atom stereocenters. The second kappa shape index (κ2) is 6.87. The molecular weight excluding hydrogens is 390 g/mol. The van der Waals surface area contributed by atoms with Crippen molar-refractivity contribution in [3.8, 4) is 11.1 Å². The van der Waals surface area contributed by atoms with Crippen molar-refractivity contribution in [3.63, 3.8) is 0 Å². The van der Waals surface area contributed by atoms with Crippen molar-refractivity contribution < 1.29 is 49.5 Å². The van der Waals surface area contributed by atoms with Gasteiger partial charge in [0.05, 0.1) is 0 Å². The van der Waals surface area contributed by atoms with Gasteiger partial charge in [0.2, 0.25) is 0 Å². The van der Waals surface area contributed by atoms with Gasteiger partial charge < -0.3 is 24.8 Å². The van der Waals surface area contributed by atoms with Gasteiger partial charge >= 0.3 is 135 Å². The van der Waals surface area contributed by atoms with Crippen molar-refractivity contribution in [2.75, 3.05) is 0 Å². The van der Waals surface area contributed by atoms with Crippen LogP contribution in [0.4, 0.5) is 0 Å². The van der Waals surface area contributed by atoms with Crippen LogP contribution in [0, 0.1) is 6.92 Å². The van der Waals surface area contributed by atoms with E-state index < -0.39 is 0 Å². The van der Waals surface area contributed by atoms with Crippen molar-refractivity contribution >= 4 is 3.27 Å². The fourth-order valence-corrected chi connectivity index (χ4v) is 4.79. The summed E-state index contributed by atoms with van der Waals surface area (Å²) in [5.74, 6) is 0.478. The molecule has 22 heavy (non-hydrogen) atoms. The Kier molecular flexibility index (Phi) is 5.54. The molecule has 1 unspecified atom stereocenters. The van der Waals surface area contributed by atoms with E-state index in [1.54, 1.807) is 11.1 Å². The van der Waals surface area contributed by atoms with Gasteiger partial charge in [0.1, 0.15) is 0 Å². The average molecular weight is 405 g/mol. The fraction of sp³-hybridized carbons (Fsp3) is 0.158. The van der Waals surface area contributed by atoms with Crippen molar-refractivity contribution in [1.82, 2.24) is 0 Å². The monoisotopic (exact) mass is 403 g/mol. The van der Waals surface area contributed by atoms with Crippen LogP contribution in [0.15, 0.2) is 60.2 Å². The maximum Gasteiger partial charge on any atom is -1.00 e. The first-order valence-corrected chi connectivity index (χ1v) is 8.29. The molecule has 0 radical (unpaired) electrons. The number of fused-ring (bicyclic) bond motifs is 3. The Labute approximate surface area is 159 Å². The van der Waals surface area contributed by atoms with Crippen LogP contribution >= 0.6 is 0 Å². The van der Waals surface area contributed by atoms with Gasteiger partial charge in [-0.1, -0.05) is 0 Å². The Hall–Kier alpha value is -0.617. The van der Waals surface area contributed by atoms with E-state index in [9.17, 15) is 0 Å². The molecule has 0 saturated heterocycles. The Morgan fingerprint density at radius 2 is 1.82 bits per heavy atom. The topological polar surface area (TPSA) is 0 Å². The number of hydrogen-bond donors (Lipinski definition) is 0. The normalized spacial score (nSPS) is 17.2. The van der Waals surface area contributed by atoms with Gasteiger partial charge in [0, 0.05) is 0 Å². The first-order chi connectivity index (χ1) is 9.75. The van der Waals surface area contributed by atoms with E-state index in [0.717, 1.165) is 6.42 Å². The number of aryl methyl sites for hydroxylation is 1. The molecule has 0 spiro atoms. The molecule has 2 aromatic rings. The minimum absolute atomic E-state index is 0. The van der Waals surface area contributed by atoms with Gasteiger partial charge in [-0.15, -0.1) is 0 Å². The van der Waals surface area contributed by atoms with E-state index in [2.05, 4.69) is 61.5 Å². The molecule has 0 aliphatic heterocycles. The van der Waals surface area contributed by atoms with Crippen LogP contribution in [0.3, 0.4) is 0 Å². The van der Waals surface area contributed by atoms with Gasteiger partial charge in [-0.25, -0.2) is 0 Å². The third kappa shape index (κ3) is 2.69. The van der Waals surface area contributed by atoms with Crippen molar-refractivity contribution in [3.05, 3.63) is 76.9 Å². The van der Waals surface area contributed by atoms with Gasteiger partial charge in [-0.3, -0.25) is 0 Å². The van der Waals surface area contributed by atoms with Crippen LogP contribution in [0.2, 0.25) is 0 Å². The molecule has 0 amide bonds. The third-order valence-electron chi connectivity index (χ3n) is 4.35. The summed E-state index contributed by atoms with van der Waals surface area (Å²) in [5, 5.41) is 0. The van der Waals surface area contributed by atoms with Crippen LogP contribution < -0.4 is 28.1 Å². The van der Waals surface area contributed by atoms with Gasteiger partial charge in [-0.2, -0.15) is 0 Å². The molecule has 2 aliphatic rings. The van der Waals surface area contributed by atoms with Crippen LogP contribution in [-0.4, -0.2) is 0 Å². The summed E-state index contributed by atoms with van der Waals surface area (Å²) in [6.07, 6.45) is 7.88. The summed E-state index contributed by atoms with van der Waals surface area (Å²) in [4.78, 5) is 0. The second-order valence-corrected chi connectivity index (χ2v) is 6.99. The minimum atomic E-state index is 0. The van der Waals surface area contributed by atoms with Crippen LogP contribution in [0.5, 0.6) is 0 Å². The van der Waals surface area contributed by atoms with Crippen LogP contribution in [0.25, 0.3) is 11.1 Å². The quantitative estimate of drug-likeness (QED) is 0.524. The molecule has 0 nitrogen and oxygen atoms in total. The molecule has 109 valence electrons. The van der Waals surface area contributed by atoms with Crippen LogP contribution in [0.1, 0.15) is 29.0 Å². The molecule has 0 N–H and O–H groups in total. The molecule has 0 bridgehead atoms. The summed E-state index contributed by atoms with van der Waals surface area (Å²) in [7, 11) is 0. The SMILES string of the molecule is Cc1c[c]([Zr+2])c2c(c1)-c1ccccc1C2C1=CC=CC1.[Cl-].[Cl-]. The second-order valence-electron chi connectivity index (χ2n) is 5.67. The number of hydrogen-bond acceptors (Lipinski definition) is 0. The van der Waals surface area contributed by atoms with Crippen molar-refractivity contribution in [1.29, 1.82) is 0 Å². The van der Waals surface area contributed by atoms with Crippen molar-refractivity contribution in [2.24, 2.45) is 0 Å². The first kappa shape index (κ1) is 17.7. The zero-order valence-corrected chi connectivity index (χ0v) is 16.2. The minimum Gasteiger partial charge on any atom is -1.00 e. The molecule has 0 saturated carbocycles. The predicted octanol–water partition coefficient (Wildman–Crippen LogP) is -1.83. The van der Waals surface area contributed by atoms with Gasteiger partial charge in [0.15, 0.2) is 0 Å². The zero-order chi connectivity index (χ0) is 13.7. The maximum absolute atomic E-state index is 2.37. The number of rotatable bonds is 1. The number of allylic oxidation sites excluding steroid dienone is 4. The predicted molar refractivity (Wildman–Crippen MR) is 79.9 cm³/mol. The smallest absolute Gasteiger partial charge is 1.00 e. The Morgan fingerprint density at radius 1 is 1.05 bits per heavy atom. The van der Waals surface area contributed by atoms with E-state index in [-0.39, 0.29) is 24.8 Å².